The molecule has 0 amide bonds. The van der Waals surface area contributed by atoms with E-state index in [1.807, 2.05) is 19.9 Å². The zero-order valence-electron chi connectivity index (χ0n) is 17.6. The van der Waals surface area contributed by atoms with Gasteiger partial charge in [-0.2, -0.15) is 0 Å². The molecule has 1 aromatic carbocycles. The lowest BCUT2D eigenvalue weighted by Crippen LogP contribution is -2.38. The molecule has 3 heterocycles. The first kappa shape index (κ1) is 21.3. The Morgan fingerprint density at radius 2 is 1.93 bits per heavy atom. The Morgan fingerprint density at radius 1 is 1.20 bits per heavy atom. The predicted molar refractivity (Wildman–Crippen MR) is 124 cm³/mol. The van der Waals surface area contributed by atoms with Crippen molar-refractivity contribution in [2.45, 2.75) is 39.5 Å². The van der Waals surface area contributed by atoms with Gasteiger partial charge < -0.3 is 4.98 Å². The van der Waals surface area contributed by atoms with Crippen LogP contribution in [0, 0.1) is 5.92 Å². The maximum Gasteiger partial charge on any atom is 0.213 e. The van der Waals surface area contributed by atoms with E-state index in [4.69, 9.17) is 0 Å². The van der Waals surface area contributed by atoms with Crippen LogP contribution < -0.4 is 0 Å². The Morgan fingerprint density at radius 3 is 2.60 bits per heavy atom. The van der Waals surface area contributed by atoms with Crippen LogP contribution in [-0.2, 0) is 10.0 Å². The minimum Gasteiger partial charge on any atom is -0.361 e. The molecule has 0 saturated carbocycles. The van der Waals surface area contributed by atoms with Crippen molar-refractivity contribution < 1.29 is 13.2 Å². The van der Waals surface area contributed by atoms with Crippen molar-refractivity contribution in [3.8, 4) is 11.1 Å². The molecule has 0 radical (unpaired) electrons. The number of hydrogen-bond donors (Lipinski definition) is 1. The van der Waals surface area contributed by atoms with E-state index in [0.717, 1.165) is 34.4 Å². The highest BCUT2D eigenvalue weighted by atomic mass is 32.2. The summed E-state index contributed by atoms with van der Waals surface area (Å²) >= 11 is 1.51. The van der Waals surface area contributed by atoms with Gasteiger partial charge in [-0.1, -0.05) is 19.9 Å². The second-order valence-corrected chi connectivity index (χ2v) is 11.5. The first-order chi connectivity index (χ1) is 14.3. The summed E-state index contributed by atoms with van der Waals surface area (Å²) in [5.74, 6) is 0.690. The molecule has 1 aliphatic rings. The second-order valence-electron chi connectivity index (χ2n) is 8.30. The van der Waals surface area contributed by atoms with Crippen molar-refractivity contribution in [1.82, 2.24) is 9.29 Å². The lowest BCUT2D eigenvalue weighted by Gasteiger charge is -2.30. The lowest BCUT2D eigenvalue weighted by atomic mass is 9.89. The average molecular weight is 445 g/mol. The van der Waals surface area contributed by atoms with Gasteiger partial charge in [-0.3, -0.25) is 4.79 Å². The van der Waals surface area contributed by atoms with E-state index in [-0.39, 0.29) is 17.5 Å². The first-order valence-corrected chi connectivity index (χ1v) is 13.0. The van der Waals surface area contributed by atoms with E-state index in [1.54, 1.807) is 11.2 Å². The Kier molecular flexibility index (Phi) is 5.88. The van der Waals surface area contributed by atoms with E-state index in [1.165, 1.54) is 22.3 Å². The molecule has 1 saturated heterocycles. The largest absolute Gasteiger partial charge is 0.361 e. The molecule has 3 aromatic rings. The van der Waals surface area contributed by atoms with Crippen molar-refractivity contribution >= 4 is 38.0 Å². The van der Waals surface area contributed by atoms with Crippen LogP contribution in [0.5, 0.6) is 0 Å². The number of nitrogens with zero attached hydrogens (tertiary/aromatic N) is 1. The van der Waals surface area contributed by atoms with Gasteiger partial charge in [-0.05, 0) is 66.0 Å². The number of aromatic amines is 1. The Bertz CT molecular complexity index is 1170. The van der Waals surface area contributed by atoms with Gasteiger partial charge in [0.25, 0.3) is 0 Å². The molecule has 0 bridgehead atoms. The van der Waals surface area contributed by atoms with Crippen LogP contribution in [0.4, 0.5) is 0 Å². The van der Waals surface area contributed by atoms with Gasteiger partial charge in [0, 0.05) is 36.1 Å². The van der Waals surface area contributed by atoms with Crippen molar-refractivity contribution in [3.05, 3.63) is 46.3 Å². The number of fused-ring (bicyclic) bond motifs is 1. The van der Waals surface area contributed by atoms with Crippen LogP contribution >= 0.6 is 11.3 Å². The molecule has 1 aliphatic heterocycles. The number of ketones is 1. The quantitative estimate of drug-likeness (QED) is 0.527. The topological polar surface area (TPSA) is 70.2 Å². The molecule has 0 aliphatic carbocycles. The summed E-state index contributed by atoms with van der Waals surface area (Å²) in [5, 5.41) is 3.24. The minimum absolute atomic E-state index is 0.00218. The van der Waals surface area contributed by atoms with Gasteiger partial charge in [0.1, 0.15) is 0 Å². The molecular weight excluding hydrogens is 416 g/mol. The van der Waals surface area contributed by atoms with Crippen molar-refractivity contribution in [1.29, 1.82) is 0 Å². The summed E-state index contributed by atoms with van der Waals surface area (Å²) in [7, 11) is -3.11. The highest BCUT2D eigenvalue weighted by Crippen LogP contribution is 2.36. The van der Waals surface area contributed by atoms with Crippen molar-refractivity contribution in [3.63, 3.8) is 0 Å². The van der Waals surface area contributed by atoms with Gasteiger partial charge in [0.05, 0.1) is 10.6 Å². The lowest BCUT2D eigenvalue weighted by molar-refractivity contribution is 0.0943. The summed E-state index contributed by atoms with van der Waals surface area (Å²) in [6, 6.07) is 8.37. The third kappa shape index (κ3) is 3.98. The van der Waals surface area contributed by atoms with Gasteiger partial charge in [-0.25, -0.2) is 12.7 Å². The van der Waals surface area contributed by atoms with Gasteiger partial charge >= 0.3 is 0 Å². The molecule has 2 aromatic heterocycles. The third-order valence-corrected chi connectivity index (χ3v) is 8.89. The molecule has 4 rings (SSSR count). The number of hydrogen-bond acceptors (Lipinski definition) is 4. The van der Waals surface area contributed by atoms with Crippen LogP contribution in [-0.4, -0.2) is 42.3 Å². The molecule has 160 valence electrons. The Labute approximate surface area is 182 Å². The van der Waals surface area contributed by atoms with Gasteiger partial charge in [0.2, 0.25) is 10.0 Å². The molecule has 5 nitrogen and oxygen atoms in total. The zero-order valence-corrected chi connectivity index (χ0v) is 19.3. The number of carbonyl (C=O) groups excluding carboxylic acids is 1. The van der Waals surface area contributed by atoms with E-state index >= 15 is 0 Å². The maximum atomic E-state index is 12.3. The predicted octanol–water partition coefficient (Wildman–Crippen LogP) is 5.26. The number of rotatable bonds is 6. The molecule has 1 fully saturated rings. The van der Waals surface area contributed by atoms with Crippen LogP contribution in [0.1, 0.15) is 54.8 Å². The number of nitrogens with one attached hydrogen (secondary N) is 1. The molecule has 0 atom stereocenters. The normalized spacial score (nSPS) is 16.5. The molecule has 1 N–H and O–H groups in total. The number of benzene rings is 1. The number of Topliss-reactive ketones (excluding diaryl/α,β-unsaturated/α-hetero) is 1. The maximum absolute atomic E-state index is 12.3. The molecule has 0 spiro atoms. The summed E-state index contributed by atoms with van der Waals surface area (Å²) < 4.78 is 25.9. The van der Waals surface area contributed by atoms with Crippen LogP contribution in [0.15, 0.2) is 35.8 Å². The molecule has 0 unspecified atom stereocenters. The first-order valence-electron chi connectivity index (χ1n) is 10.5. The van der Waals surface area contributed by atoms with Gasteiger partial charge in [-0.15, -0.1) is 11.3 Å². The summed E-state index contributed by atoms with van der Waals surface area (Å²) in [6.45, 7) is 6.72. The average Bonchev–Trinajstić information content (AvgIpc) is 3.40. The fourth-order valence-corrected chi connectivity index (χ4v) is 6.33. The second kappa shape index (κ2) is 8.29. The minimum atomic E-state index is -3.11. The fraction of sp³-hybridized carbons (Fsp3) is 0.435. The number of sulfonamides is 1. The van der Waals surface area contributed by atoms with E-state index in [0.29, 0.717) is 19.0 Å². The molecule has 7 heteroatoms. The molecule has 30 heavy (non-hydrogen) atoms. The van der Waals surface area contributed by atoms with Crippen molar-refractivity contribution in [2.24, 2.45) is 5.92 Å². The van der Waals surface area contributed by atoms with Gasteiger partial charge in [0.15, 0.2) is 5.78 Å². The van der Waals surface area contributed by atoms with E-state index < -0.39 is 10.0 Å². The van der Waals surface area contributed by atoms with Crippen LogP contribution in [0.2, 0.25) is 0 Å². The third-order valence-electron chi connectivity index (χ3n) is 6.07. The number of carbonyl (C=O) groups is 1. The number of aromatic nitrogens is 1. The summed E-state index contributed by atoms with van der Waals surface area (Å²) in [5.41, 5.74) is 4.52. The Hall–Kier alpha value is -1.96. The number of H-pyrrole nitrogens is 1. The standard InChI is InChI=1S/C23H28N2O3S2/c1-4-30(27,28)25-9-7-16(8-10-25)20-13-24-21-6-5-17(11-19(20)21)18-12-22(29-14-18)23(26)15(2)3/h5-6,11-16,24H,4,7-10H2,1-3H3. The smallest absolute Gasteiger partial charge is 0.213 e. The summed E-state index contributed by atoms with van der Waals surface area (Å²) in [4.78, 5) is 16.5. The van der Waals surface area contributed by atoms with E-state index in [9.17, 15) is 13.2 Å². The van der Waals surface area contributed by atoms with Crippen LogP contribution in [0.25, 0.3) is 22.0 Å². The highest BCUT2D eigenvalue weighted by molar-refractivity contribution is 7.89. The van der Waals surface area contributed by atoms with Crippen LogP contribution in [0.3, 0.4) is 0 Å². The Balaban J connectivity index is 1.59. The molecular formula is C23H28N2O3S2. The monoisotopic (exact) mass is 444 g/mol. The summed E-state index contributed by atoms with van der Waals surface area (Å²) in [6.07, 6.45) is 3.74. The number of piperidine rings is 1. The fourth-order valence-electron chi connectivity index (χ4n) is 4.19. The SMILES string of the molecule is CCS(=O)(=O)N1CCC(c2c[nH]c3ccc(-c4csc(C(=O)C(C)C)c4)cc23)CC1. The number of thiophene rings is 1. The highest BCUT2D eigenvalue weighted by Gasteiger charge is 2.28. The zero-order chi connectivity index (χ0) is 21.5. The van der Waals surface area contributed by atoms with Crippen molar-refractivity contribution in [2.75, 3.05) is 18.8 Å². The van der Waals surface area contributed by atoms with E-state index in [2.05, 4.69) is 34.8 Å².